The Morgan fingerprint density at radius 1 is 1.40 bits per heavy atom. The number of aryl methyl sites for hydroxylation is 1. The van der Waals surface area contributed by atoms with Crippen molar-refractivity contribution in [2.45, 2.75) is 31.8 Å². The fourth-order valence-corrected chi connectivity index (χ4v) is 2.58. The van der Waals surface area contributed by atoms with E-state index in [0.29, 0.717) is 12.6 Å². The monoisotopic (exact) mass is 273 g/mol. The number of nitrogens with one attached hydrogen (secondary N) is 1. The van der Waals surface area contributed by atoms with Crippen LogP contribution in [0, 0.1) is 0 Å². The average molecular weight is 273 g/mol. The number of hydrogen-bond donors (Lipinski definition) is 2. The van der Waals surface area contributed by atoms with Gasteiger partial charge in [-0.1, -0.05) is 0 Å². The lowest BCUT2D eigenvalue weighted by molar-refractivity contribution is 0.295. The first-order valence-electron chi connectivity index (χ1n) is 6.96. The molecular formula is C16H19NO3. The molecule has 2 N–H and O–H groups in total. The second kappa shape index (κ2) is 5.59. The molecule has 1 aromatic carbocycles. The van der Waals surface area contributed by atoms with Gasteiger partial charge in [0.05, 0.1) is 12.3 Å². The van der Waals surface area contributed by atoms with Gasteiger partial charge in [-0.2, -0.15) is 0 Å². The maximum Gasteiger partial charge on any atom is 0.127 e. The molecular weight excluding hydrogens is 254 g/mol. The van der Waals surface area contributed by atoms with E-state index in [1.165, 1.54) is 0 Å². The van der Waals surface area contributed by atoms with E-state index in [2.05, 4.69) is 12.2 Å². The number of rotatable bonds is 5. The topological polar surface area (TPSA) is 54.6 Å². The van der Waals surface area contributed by atoms with Gasteiger partial charge in [0.2, 0.25) is 0 Å². The van der Waals surface area contributed by atoms with E-state index in [1.807, 2.05) is 18.2 Å². The number of fused-ring (bicyclic) bond motifs is 1. The Morgan fingerprint density at radius 2 is 2.30 bits per heavy atom. The van der Waals surface area contributed by atoms with Gasteiger partial charge in [-0.05, 0) is 37.6 Å². The van der Waals surface area contributed by atoms with Crippen molar-refractivity contribution in [2.75, 3.05) is 6.61 Å². The fourth-order valence-electron chi connectivity index (χ4n) is 2.58. The first-order valence-corrected chi connectivity index (χ1v) is 6.96. The predicted octanol–water partition coefficient (Wildman–Crippen LogP) is 3.03. The van der Waals surface area contributed by atoms with E-state index >= 15 is 0 Å². The van der Waals surface area contributed by atoms with E-state index in [4.69, 9.17) is 9.15 Å². The summed E-state index contributed by atoms with van der Waals surface area (Å²) in [5, 5.41) is 13.0. The maximum absolute atomic E-state index is 9.44. The van der Waals surface area contributed by atoms with Gasteiger partial charge in [0.1, 0.15) is 23.9 Å². The maximum atomic E-state index is 9.44. The van der Waals surface area contributed by atoms with E-state index in [1.54, 1.807) is 18.4 Å². The van der Waals surface area contributed by atoms with Crippen molar-refractivity contribution in [3.8, 4) is 11.5 Å². The molecule has 0 bridgehead atoms. The summed E-state index contributed by atoms with van der Waals surface area (Å²) in [6, 6.07) is 9.78. The molecule has 106 valence electrons. The van der Waals surface area contributed by atoms with Crippen LogP contribution in [0.3, 0.4) is 0 Å². The molecule has 1 aliphatic rings. The van der Waals surface area contributed by atoms with Gasteiger partial charge in [-0.3, -0.25) is 0 Å². The Labute approximate surface area is 118 Å². The van der Waals surface area contributed by atoms with Gasteiger partial charge in [0, 0.05) is 24.1 Å². The van der Waals surface area contributed by atoms with E-state index < -0.39 is 0 Å². The molecule has 2 heterocycles. The van der Waals surface area contributed by atoms with E-state index in [-0.39, 0.29) is 11.8 Å². The zero-order chi connectivity index (χ0) is 13.9. The zero-order valence-corrected chi connectivity index (χ0v) is 11.5. The summed E-state index contributed by atoms with van der Waals surface area (Å²) in [6.45, 7) is 2.78. The van der Waals surface area contributed by atoms with Crippen molar-refractivity contribution in [1.29, 1.82) is 0 Å². The normalized spacial score (nSPS) is 18.6. The highest BCUT2D eigenvalue weighted by molar-refractivity contribution is 5.44. The first kappa shape index (κ1) is 13.1. The smallest absolute Gasteiger partial charge is 0.127 e. The quantitative estimate of drug-likeness (QED) is 0.879. The van der Waals surface area contributed by atoms with Crippen molar-refractivity contribution < 1.29 is 14.3 Å². The molecule has 2 unspecified atom stereocenters. The fraction of sp³-hybridized carbons (Fsp3) is 0.375. The summed E-state index contributed by atoms with van der Waals surface area (Å²) in [4.78, 5) is 0. The molecule has 0 radical (unpaired) electrons. The molecule has 3 rings (SSSR count). The molecule has 20 heavy (non-hydrogen) atoms. The number of hydrogen-bond acceptors (Lipinski definition) is 4. The average Bonchev–Trinajstić information content (AvgIpc) is 3.06. The SMILES string of the molecule is CC(CCc1ccco1)NC1COc2cc(O)ccc21. The Bertz CT molecular complexity index is 565. The van der Waals surface area contributed by atoms with Crippen molar-refractivity contribution in [3.05, 3.63) is 47.9 Å². The lowest BCUT2D eigenvalue weighted by Crippen LogP contribution is -2.31. The highest BCUT2D eigenvalue weighted by Gasteiger charge is 2.25. The number of aromatic hydroxyl groups is 1. The van der Waals surface area contributed by atoms with Crippen LogP contribution >= 0.6 is 0 Å². The third-order valence-electron chi connectivity index (χ3n) is 3.67. The molecule has 4 heteroatoms. The van der Waals surface area contributed by atoms with Crippen molar-refractivity contribution >= 4 is 0 Å². The highest BCUT2D eigenvalue weighted by atomic mass is 16.5. The van der Waals surface area contributed by atoms with Crippen LogP contribution in [-0.4, -0.2) is 17.8 Å². The minimum atomic E-state index is 0.192. The largest absolute Gasteiger partial charge is 0.508 e. The summed E-state index contributed by atoms with van der Waals surface area (Å²) in [5.41, 5.74) is 1.12. The van der Waals surface area contributed by atoms with Crippen LogP contribution in [0.15, 0.2) is 41.0 Å². The minimum absolute atomic E-state index is 0.192. The lowest BCUT2D eigenvalue weighted by atomic mass is 10.1. The van der Waals surface area contributed by atoms with Gasteiger partial charge in [-0.25, -0.2) is 0 Å². The van der Waals surface area contributed by atoms with Crippen LogP contribution in [0.1, 0.15) is 30.7 Å². The number of phenolic OH excluding ortho intramolecular Hbond substituents is 1. The third kappa shape index (κ3) is 2.80. The van der Waals surface area contributed by atoms with Crippen LogP contribution in [0.25, 0.3) is 0 Å². The highest BCUT2D eigenvalue weighted by Crippen LogP contribution is 2.35. The molecule has 2 atom stereocenters. The van der Waals surface area contributed by atoms with Crippen LogP contribution in [0.2, 0.25) is 0 Å². The van der Waals surface area contributed by atoms with E-state index in [0.717, 1.165) is 29.9 Å². The van der Waals surface area contributed by atoms with Crippen molar-refractivity contribution in [2.24, 2.45) is 0 Å². The molecule has 0 amide bonds. The van der Waals surface area contributed by atoms with Gasteiger partial charge < -0.3 is 19.6 Å². The minimum Gasteiger partial charge on any atom is -0.508 e. The molecule has 2 aromatic rings. The number of benzene rings is 1. The van der Waals surface area contributed by atoms with Crippen LogP contribution in [0.4, 0.5) is 0 Å². The summed E-state index contributed by atoms with van der Waals surface area (Å²) in [7, 11) is 0. The predicted molar refractivity (Wildman–Crippen MR) is 76.0 cm³/mol. The van der Waals surface area contributed by atoms with Crippen LogP contribution in [-0.2, 0) is 6.42 Å². The molecule has 1 aromatic heterocycles. The molecule has 1 aliphatic heterocycles. The molecule has 0 fully saturated rings. The lowest BCUT2D eigenvalue weighted by Gasteiger charge is -2.18. The Hall–Kier alpha value is -1.94. The third-order valence-corrected chi connectivity index (χ3v) is 3.67. The Morgan fingerprint density at radius 3 is 3.10 bits per heavy atom. The molecule has 0 saturated carbocycles. The van der Waals surface area contributed by atoms with Crippen molar-refractivity contribution in [1.82, 2.24) is 5.32 Å². The Kier molecular flexibility index (Phi) is 3.65. The number of furan rings is 1. The zero-order valence-electron chi connectivity index (χ0n) is 11.5. The molecule has 0 spiro atoms. The number of ether oxygens (including phenoxy) is 1. The second-order valence-electron chi connectivity index (χ2n) is 5.27. The van der Waals surface area contributed by atoms with E-state index in [9.17, 15) is 5.11 Å². The summed E-state index contributed by atoms with van der Waals surface area (Å²) in [6.07, 6.45) is 3.65. The second-order valence-corrected chi connectivity index (χ2v) is 5.27. The first-order chi connectivity index (χ1) is 9.72. The Balaban J connectivity index is 1.56. The van der Waals surface area contributed by atoms with Crippen molar-refractivity contribution in [3.63, 3.8) is 0 Å². The molecule has 4 nitrogen and oxygen atoms in total. The van der Waals surface area contributed by atoms with Crippen LogP contribution < -0.4 is 10.1 Å². The molecule has 0 saturated heterocycles. The van der Waals surface area contributed by atoms with Gasteiger partial charge in [0.25, 0.3) is 0 Å². The van der Waals surface area contributed by atoms with Crippen LogP contribution in [0.5, 0.6) is 11.5 Å². The standard InChI is InChI=1S/C16H19NO3/c1-11(4-6-13-3-2-8-19-13)17-15-10-20-16-9-12(18)5-7-14(15)16/h2-3,5,7-9,11,15,17-18H,4,6,10H2,1H3. The van der Waals surface area contributed by atoms with Gasteiger partial charge in [-0.15, -0.1) is 0 Å². The molecule has 0 aliphatic carbocycles. The van der Waals surface area contributed by atoms with Gasteiger partial charge >= 0.3 is 0 Å². The van der Waals surface area contributed by atoms with Gasteiger partial charge in [0.15, 0.2) is 0 Å². The summed E-state index contributed by atoms with van der Waals surface area (Å²) in [5.74, 6) is 2.04. The number of phenols is 1. The summed E-state index contributed by atoms with van der Waals surface area (Å²) < 4.78 is 10.9. The summed E-state index contributed by atoms with van der Waals surface area (Å²) >= 11 is 0.